The third-order valence-corrected chi connectivity index (χ3v) is 3.56. The van der Waals surface area contributed by atoms with Crippen molar-refractivity contribution in [2.75, 3.05) is 6.61 Å². The van der Waals surface area contributed by atoms with E-state index in [2.05, 4.69) is 5.32 Å². The molecule has 1 amide bonds. The van der Waals surface area contributed by atoms with Crippen LogP contribution in [-0.4, -0.2) is 28.8 Å². The van der Waals surface area contributed by atoms with Gasteiger partial charge in [-0.15, -0.1) is 0 Å². The smallest absolute Gasteiger partial charge is 0.250 e. The van der Waals surface area contributed by atoms with Crippen molar-refractivity contribution in [3.8, 4) is 0 Å². The minimum Gasteiger partial charge on any atom is -0.394 e. The average Bonchev–Trinajstić information content (AvgIpc) is 2.45. The van der Waals surface area contributed by atoms with E-state index in [-0.39, 0.29) is 18.4 Å². The van der Waals surface area contributed by atoms with Gasteiger partial charge in [-0.1, -0.05) is 38.1 Å². The van der Waals surface area contributed by atoms with Gasteiger partial charge in [-0.2, -0.15) is 0 Å². The van der Waals surface area contributed by atoms with Crippen molar-refractivity contribution in [1.82, 2.24) is 5.32 Å². The Morgan fingerprint density at radius 1 is 1.28 bits per heavy atom. The van der Waals surface area contributed by atoms with Crippen molar-refractivity contribution in [2.45, 2.75) is 31.9 Å². The van der Waals surface area contributed by atoms with E-state index < -0.39 is 18.1 Å². The van der Waals surface area contributed by atoms with E-state index in [0.717, 1.165) is 11.1 Å². The van der Waals surface area contributed by atoms with Crippen LogP contribution in [-0.2, 0) is 4.79 Å². The number of carbonyl (C=O) groups excluding carboxylic acids is 1. The third-order valence-electron chi connectivity index (χ3n) is 3.56. The minimum atomic E-state index is -1.07. The molecule has 1 aliphatic rings. The number of rotatable bonds is 2. The fourth-order valence-electron chi connectivity index (χ4n) is 2.67. The molecule has 1 heterocycles. The Hall–Kier alpha value is -1.39. The van der Waals surface area contributed by atoms with Gasteiger partial charge in [0.25, 0.3) is 0 Å². The minimum absolute atomic E-state index is 0.143. The summed E-state index contributed by atoms with van der Waals surface area (Å²) in [5.41, 5.74) is 1.83. The second kappa shape index (κ2) is 5.08. The van der Waals surface area contributed by atoms with Crippen LogP contribution in [0, 0.1) is 5.92 Å². The summed E-state index contributed by atoms with van der Waals surface area (Å²) >= 11 is 0. The molecule has 2 rings (SSSR count). The van der Waals surface area contributed by atoms with E-state index in [1.807, 2.05) is 38.1 Å². The van der Waals surface area contributed by atoms with E-state index in [9.17, 15) is 15.0 Å². The Morgan fingerprint density at radius 2 is 1.89 bits per heavy atom. The SMILES string of the molecule is CC(C)[C@H]1c2ccccc2[C@H](CO)NC(=O)[C@@H]1O. The lowest BCUT2D eigenvalue weighted by molar-refractivity contribution is -0.131. The van der Waals surface area contributed by atoms with Crippen LogP contribution in [0.25, 0.3) is 0 Å². The fraction of sp³-hybridized carbons (Fsp3) is 0.500. The summed E-state index contributed by atoms with van der Waals surface area (Å²) in [5, 5.41) is 22.2. The number of hydrogen-bond acceptors (Lipinski definition) is 3. The number of amides is 1. The number of aliphatic hydroxyl groups is 2. The molecule has 1 aliphatic heterocycles. The van der Waals surface area contributed by atoms with Gasteiger partial charge in [0.2, 0.25) is 5.91 Å². The highest BCUT2D eigenvalue weighted by atomic mass is 16.3. The van der Waals surface area contributed by atoms with Crippen LogP contribution in [0.1, 0.15) is 36.9 Å². The molecule has 0 aromatic heterocycles. The lowest BCUT2D eigenvalue weighted by atomic mass is 9.81. The zero-order chi connectivity index (χ0) is 13.3. The van der Waals surface area contributed by atoms with Crippen molar-refractivity contribution in [3.05, 3.63) is 35.4 Å². The Kier molecular flexibility index (Phi) is 3.68. The van der Waals surface area contributed by atoms with Crippen molar-refractivity contribution < 1.29 is 15.0 Å². The zero-order valence-electron chi connectivity index (χ0n) is 10.6. The molecule has 0 bridgehead atoms. The molecule has 0 aliphatic carbocycles. The topological polar surface area (TPSA) is 69.6 Å². The van der Waals surface area contributed by atoms with Gasteiger partial charge in [-0.25, -0.2) is 0 Å². The highest BCUT2D eigenvalue weighted by molar-refractivity contribution is 5.83. The fourth-order valence-corrected chi connectivity index (χ4v) is 2.67. The number of fused-ring (bicyclic) bond motifs is 1. The van der Waals surface area contributed by atoms with Crippen molar-refractivity contribution >= 4 is 5.91 Å². The Morgan fingerprint density at radius 3 is 2.44 bits per heavy atom. The first-order valence-corrected chi connectivity index (χ1v) is 6.24. The highest BCUT2D eigenvalue weighted by Gasteiger charge is 2.36. The molecule has 1 aromatic carbocycles. The molecular formula is C14H19NO3. The normalized spacial score (nSPS) is 27.6. The van der Waals surface area contributed by atoms with Gasteiger partial charge < -0.3 is 15.5 Å². The maximum absolute atomic E-state index is 11.9. The Labute approximate surface area is 107 Å². The molecule has 0 unspecified atom stereocenters. The molecule has 18 heavy (non-hydrogen) atoms. The standard InChI is InChI=1S/C14H19NO3/c1-8(2)12-10-6-4-3-5-9(10)11(7-16)15-14(18)13(12)17/h3-6,8,11-13,16-17H,7H2,1-2H3,(H,15,18)/t11-,12-,13+/m0/s1. The first kappa shape index (κ1) is 13.1. The quantitative estimate of drug-likeness (QED) is 0.731. The van der Waals surface area contributed by atoms with Gasteiger partial charge in [0.1, 0.15) is 6.10 Å². The molecule has 0 fully saturated rings. The number of hydrogen-bond donors (Lipinski definition) is 3. The summed E-state index contributed by atoms with van der Waals surface area (Å²) in [6.07, 6.45) is -1.07. The maximum Gasteiger partial charge on any atom is 0.250 e. The molecule has 4 nitrogen and oxygen atoms in total. The van der Waals surface area contributed by atoms with Gasteiger partial charge in [-0.05, 0) is 17.0 Å². The predicted octanol–water partition coefficient (Wildman–Crippen LogP) is 0.950. The number of aliphatic hydroxyl groups excluding tert-OH is 2. The molecular weight excluding hydrogens is 230 g/mol. The molecule has 0 radical (unpaired) electrons. The largest absolute Gasteiger partial charge is 0.394 e. The first-order chi connectivity index (χ1) is 8.56. The Balaban J connectivity index is 2.56. The molecule has 1 aromatic rings. The van der Waals surface area contributed by atoms with Crippen molar-refractivity contribution in [3.63, 3.8) is 0 Å². The van der Waals surface area contributed by atoms with Crippen LogP contribution >= 0.6 is 0 Å². The zero-order valence-corrected chi connectivity index (χ0v) is 10.6. The Bertz CT molecular complexity index is 444. The molecule has 0 saturated heterocycles. The van der Waals surface area contributed by atoms with E-state index in [4.69, 9.17) is 0 Å². The third kappa shape index (κ3) is 2.13. The second-order valence-electron chi connectivity index (χ2n) is 5.09. The van der Waals surface area contributed by atoms with Gasteiger partial charge in [0.05, 0.1) is 12.6 Å². The molecule has 4 heteroatoms. The summed E-state index contributed by atoms with van der Waals surface area (Å²) in [6, 6.07) is 7.15. The summed E-state index contributed by atoms with van der Waals surface area (Å²) in [6.45, 7) is 3.80. The monoisotopic (exact) mass is 249 g/mol. The predicted molar refractivity (Wildman–Crippen MR) is 68.0 cm³/mol. The molecule has 0 saturated carbocycles. The van der Waals surface area contributed by atoms with E-state index in [1.54, 1.807) is 0 Å². The van der Waals surface area contributed by atoms with Crippen molar-refractivity contribution in [2.24, 2.45) is 5.92 Å². The van der Waals surface area contributed by atoms with Crippen LogP contribution < -0.4 is 5.32 Å². The first-order valence-electron chi connectivity index (χ1n) is 6.24. The molecule has 98 valence electrons. The van der Waals surface area contributed by atoms with Gasteiger partial charge >= 0.3 is 0 Å². The van der Waals surface area contributed by atoms with Crippen molar-refractivity contribution in [1.29, 1.82) is 0 Å². The van der Waals surface area contributed by atoms with E-state index >= 15 is 0 Å². The summed E-state index contributed by atoms with van der Waals surface area (Å²) in [4.78, 5) is 11.9. The molecule has 0 spiro atoms. The summed E-state index contributed by atoms with van der Waals surface area (Å²) < 4.78 is 0. The lowest BCUT2D eigenvalue weighted by Crippen LogP contribution is -2.39. The summed E-state index contributed by atoms with van der Waals surface area (Å²) in [5.74, 6) is -0.508. The van der Waals surface area contributed by atoms with Crippen LogP contribution in [0.4, 0.5) is 0 Å². The highest BCUT2D eigenvalue weighted by Crippen LogP contribution is 2.35. The summed E-state index contributed by atoms with van der Waals surface area (Å²) in [7, 11) is 0. The molecule has 3 atom stereocenters. The van der Waals surface area contributed by atoms with Crippen LogP contribution in [0.3, 0.4) is 0 Å². The number of carbonyl (C=O) groups is 1. The maximum atomic E-state index is 11.9. The van der Waals surface area contributed by atoms with Crippen LogP contribution in [0.2, 0.25) is 0 Å². The van der Waals surface area contributed by atoms with Crippen LogP contribution in [0.5, 0.6) is 0 Å². The lowest BCUT2D eigenvalue weighted by Gasteiger charge is -2.24. The average molecular weight is 249 g/mol. The van der Waals surface area contributed by atoms with Gasteiger partial charge in [0.15, 0.2) is 0 Å². The number of nitrogens with one attached hydrogen (secondary N) is 1. The second-order valence-corrected chi connectivity index (χ2v) is 5.09. The number of benzene rings is 1. The molecule has 3 N–H and O–H groups in total. The van der Waals surface area contributed by atoms with E-state index in [1.165, 1.54) is 0 Å². The van der Waals surface area contributed by atoms with E-state index in [0.29, 0.717) is 0 Å². The van der Waals surface area contributed by atoms with Gasteiger partial charge in [0, 0.05) is 5.92 Å². The van der Waals surface area contributed by atoms with Gasteiger partial charge in [-0.3, -0.25) is 4.79 Å². The van der Waals surface area contributed by atoms with Crippen LogP contribution in [0.15, 0.2) is 24.3 Å².